The first-order chi connectivity index (χ1) is 7.58. The predicted octanol–water partition coefficient (Wildman–Crippen LogP) is 2.87. The summed E-state index contributed by atoms with van der Waals surface area (Å²) in [6.45, 7) is 3.94. The molecule has 1 atom stereocenters. The van der Waals surface area contributed by atoms with E-state index < -0.39 is 0 Å². The monoisotopic (exact) mass is 269 g/mol. The molecule has 0 spiro atoms. The van der Waals surface area contributed by atoms with E-state index in [1.54, 1.807) is 12.1 Å². The highest BCUT2D eigenvalue weighted by Crippen LogP contribution is 2.31. The lowest BCUT2D eigenvalue weighted by Gasteiger charge is -2.09. The standard InChI is InChI=1S/C11H8ClNOS2/c1-6(7-2-4-8(12)5-3-7)9-10(14)13-11(15)16-9/h2-5,9H,1H2,(H,13,14,15). The van der Waals surface area contributed by atoms with Crippen LogP contribution in [0.25, 0.3) is 5.57 Å². The van der Waals surface area contributed by atoms with Crippen molar-refractivity contribution in [1.82, 2.24) is 5.32 Å². The smallest absolute Gasteiger partial charge is 0.243 e. The predicted molar refractivity (Wildman–Crippen MR) is 72.6 cm³/mol. The zero-order valence-corrected chi connectivity index (χ0v) is 10.6. The third kappa shape index (κ3) is 2.29. The van der Waals surface area contributed by atoms with Crippen LogP contribution in [-0.2, 0) is 4.79 Å². The molecule has 1 fully saturated rings. The quantitative estimate of drug-likeness (QED) is 0.837. The van der Waals surface area contributed by atoms with Crippen molar-refractivity contribution in [2.75, 3.05) is 0 Å². The second-order valence-corrected chi connectivity index (χ2v) is 5.53. The Morgan fingerprint density at radius 3 is 2.56 bits per heavy atom. The molecule has 1 N–H and O–H groups in total. The van der Waals surface area contributed by atoms with E-state index >= 15 is 0 Å². The van der Waals surface area contributed by atoms with Gasteiger partial charge in [0.1, 0.15) is 9.57 Å². The number of nitrogens with one attached hydrogen (secondary N) is 1. The third-order valence-corrected chi connectivity index (χ3v) is 3.91. The number of carbonyl (C=O) groups excluding carboxylic acids is 1. The van der Waals surface area contributed by atoms with Crippen molar-refractivity contribution in [2.24, 2.45) is 0 Å². The van der Waals surface area contributed by atoms with E-state index in [1.807, 2.05) is 12.1 Å². The minimum atomic E-state index is -0.325. The topological polar surface area (TPSA) is 29.1 Å². The Morgan fingerprint density at radius 2 is 2.06 bits per heavy atom. The summed E-state index contributed by atoms with van der Waals surface area (Å²) in [5, 5.41) is 2.93. The molecular formula is C11H8ClNOS2. The Morgan fingerprint density at radius 1 is 1.44 bits per heavy atom. The van der Waals surface area contributed by atoms with Crippen LogP contribution in [0.1, 0.15) is 5.56 Å². The number of amides is 1. The molecule has 1 aromatic carbocycles. The summed E-state index contributed by atoms with van der Waals surface area (Å²) in [7, 11) is 0. The maximum absolute atomic E-state index is 11.6. The lowest BCUT2D eigenvalue weighted by atomic mass is 10.0. The molecule has 2 nitrogen and oxygen atoms in total. The number of hydrogen-bond acceptors (Lipinski definition) is 3. The molecule has 0 bridgehead atoms. The average Bonchev–Trinajstić information content (AvgIpc) is 2.58. The van der Waals surface area contributed by atoms with Crippen molar-refractivity contribution in [3.63, 3.8) is 0 Å². The van der Waals surface area contributed by atoms with E-state index in [1.165, 1.54) is 11.8 Å². The maximum Gasteiger partial charge on any atom is 0.243 e. The van der Waals surface area contributed by atoms with E-state index in [-0.39, 0.29) is 11.2 Å². The summed E-state index contributed by atoms with van der Waals surface area (Å²) in [6, 6.07) is 7.25. The van der Waals surface area contributed by atoms with Crippen molar-refractivity contribution >= 4 is 51.4 Å². The number of hydrogen-bond donors (Lipinski definition) is 1. The van der Waals surface area contributed by atoms with Crippen LogP contribution in [0.3, 0.4) is 0 Å². The van der Waals surface area contributed by atoms with E-state index in [0.717, 1.165) is 11.1 Å². The number of benzene rings is 1. The molecule has 5 heteroatoms. The lowest BCUT2D eigenvalue weighted by molar-refractivity contribution is -0.117. The van der Waals surface area contributed by atoms with Gasteiger partial charge in [0, 0.05) is 5.02 Å². The zero-order chi connectivity index (χ0) is 11.7. The van der Waals surface area contributed by atoms with Gasteiger partial charge in [-0.3, -0.25) is 4.79 Å². The van der Waals surface area contributed by atoms with Gasteiger partial charge in [0.15, 0.2) is 0 Å². The van der Waals surface area contributed by atoms with Crippen LogP contribution in [0.2, 0.25) is 5.02 Å². The van der Waals surface area contributed by atoms with E-state index in [2.05, 4.69) is 11.9 Å². The van der Waals surface area contributed by atoms with Crippen LogP contribution >= 0.6 is 35.6 Å². The van der Waals surface area contributed by atoms with E-state index in [9.17, 15) is 4.79 Å². The van der Waals surface area contributed by atoms with Crippen LogP contribution in [0.15, 0.2) is 30.8 Å². The highest BCUT2D eigenvalue weighted by molar-refractivity contribution is 8.24. The summed E-state index contributed by atoms with van der Waals surface area (Å²) in [5.41, 5.74) is 1.65. The molecule has 1 unspecified atom stereocenters. The summed E-state index contributed by atoms with van der Waals surface area (Å²) in [6.07, 6.45) is 0. The number of halogens is 1. The second kappa shape index (κ2) is 4.57. The Balaban J connectivity index is 2.22. The summed E-state index contributed by atoms with van der Waals surface area (Å²) >= 11 is 12.0. The first-order valence-electron chi connectivity index (χ1n) is 4.54. The van der Waals surface area contributed by atoms with Gasteiger partial charge >= 0.3 is 0 Å². The van der Waals surface area contributed by atoms with Crippen LogP contribution in [0.4, 0.5) is 0 Å². The van der Waals surface area contributed by atoms with Crippen LogP contribution in [0, 0.1) is 0 Å². The highest BCUT2D eigenvalue weighted by Gasteiger charge is 2.31. The normalized spacial score (nSPS) is 19.7. The average molecular weight is 270 g/mol. The molecule has 1 aromatic rings. The minimum absolute atomic E-state index is 0.102. The lowest BCUT2D eigenvalue weighted by Crippen LogP contribution is -2.24. The number of rotatable bonds is 2. The Labute approximate surface area is 108 Å². The van der Waals surface area contributed by atoms with E-state index in [4.69, 9.17) is 23.8 Å². The van der Waals surface area contributed by atoms with Gasteiger partial charge in [0.2, 0.25) is 5.91 Å². The first-order valence-corrected chi connectivity index (χ1v) is 6.21. The molecule has 0 saturated carbocycles. The van der Waals surface area contributed by atoms with Crippen LogP contribution in [0.5, 0.6) is 0 Å². The van der Waals surface area contributed by atoms with Gasteiger partial charge in [-0.25, -0.2) is 0 Å². The van der Waals surface area contributed by atoms with E-state index in [0.29, 0.717) is 9.34 Å². The zero-order valence-electron chi connectivity index (χ0n) is 8.20. The van der Waals surface area contributed by atoms with Gasteiger partial charge in [-0.2, -0.15) is 0 Å². The minimum Gasteiger partial charge on any atom is -0.310 e. The summed E-state index contributed by atoms with van der Waals surface area (Å²) in [4.78, 5) is 11.6. The van der Waals surface area contributed by atoms with Crippen molar-refractivity contribution in [1.29, 1.82) is 0 Å². The van der Waals surface area contributed by atoms with Gasteiger partial charge in [-0.1, -0.05) is 54.3 Å². The van der Waals surface area contributed by atoms with Crippen LogP contribution < -0.4 is 5.32 Å². The molecular weight excluding hydrogens is 262 g/mol. The molecule has 1 saturated heterocycles. The van der Waals surface area contributed by atoms with Gasteiger partial charge < -0.3 is 5.32 Å². The first kappa shape index (κ1) is 11.6. The van der Waals surface area contributed by atoms with Crippen molar-refractivity contribution < 1.29 is 4.79 Å². The Kier molecular flexibility index (Phi) is 3.33. The van der Waals surface area contributed by atoms with Gasteiger partial charge in [-0.15, -0.1) is 0 Å². The fourth-order valence-corrected chi connectivity index (χ4v) is 2.73. The highest BCUT2D eigenvalue weighted by atomic mass is 35.5. The molecule has 82 valence electrons. The van der Waals surface area contributed by atoms with Crippen molar-refractivity contribution in [2.45, 2.75) is 5.25 Å². The Bertz CT molecular complexity index is 469. The molecule has 1 aliphatic heterocycles. The number of thioether (sulfide) groups is 1. The maximum atomic E-state index is 11.6. The van der Waals surface area contributed by atoms with Gasteiger partial charge in [0.25, 0.3) is 0 Å². The molecule has 2 rings (SSSR count). The summed E-state index contributed by atoms with van der Waals surface area (Å²) in [5.74, 6) is -0.102. The molecule has 16 heavy (non-hydrogen) atoms. The largest absolute Gasteiger partial charge is 0.310 e. The third-order valence-electron chi connectivity index (χ3n) is 2.22. The second-order valence-electron chi connectivity index (χ2n) is 3.31. The molecule has 0 aliphatic carbocycles. The Hall–Kier alpha value is -0.840. The number of thiocarbonyl (C=S) groups is 1. The summed E-state index contributed by atoms with van der Waals surface area (Å²) < 4.78 is 0.505. The van der Waals surface area contributed by atoms with Gasteiger partial charge in [0.05, 0.1) is 0 Å². The van der Waals surface area contributed by atoms with Crippen molar-refractivity contribution in [3.05, 3.63) is 41.4 Å². The molecule has 1 aliphatic rings. The fraction of sp³-hybridized carbons (Fsp3) is 0.0909. The van der Waals surface area contributed by atoms with Gasteiger partial charge in [-0.05, 0) is 23.3 Å². The molecule has 1 amide bonds. The fourth-order valence-electron chi connectivity index (χ4n) is 1.40. The van der Waals surface area contributed by atoms with Crippen molar-refractivity contribution in [3.8, 4) is 0 Å². The SMILES string of the molecule is C=C(c1ccc(Cl)cc1)C1SC(=S)NC1=O. The molecule has 0 aromatic heterocycles. The van der Waals surface area contributed by atoms with Crippen LogP contribution in [-0.4, -0.2) is 15.5 Å². The molecule has 0 radical (unpaired) electrons. The number of carbonyl (C=O) groups is 1. The molecule has 1 heterocycles.